The minimum absolute atomic E-state index is 0.315. The van der Waals surface area contributed by atoms with Gasteiger partial charge in [-0.15, -0.1) is 0 Å². The first-order valence-corrected chi connectivity index (χ1v) is 7.01. The number of aliphatic imine (C=N–C) groups is 1. The van der Waals surface area contributed by atoms with Crippen molar-refractivity contribution in [3.63, 3.8) is 0 Å². The first-order valence-electron chi connectivity index (χ1n) is 7.01. The van der Waals surface area contributed by atoms with E-state index in [4.69, 9.17) is 5.26 Å². The van der Waals surface area contributed by atoms with E-state index in [1.807, 2.05) is 36.4 Å². The van der Waals surface area contributed by atoms with Gasteiger partial charge in [0.15, 0.2) is 0 Å². The van der Waals surface area contributed by atoms with Crippen LogP contribution in [0, 0.1) is 17.2 Å². The summed E-state index contributed by atoms with van der Waals surface area (Å²) in [5.41, 5.74) is 3.59. The molecule has 0 radical (unpaired) electrons. The van der Waals surface area contributed by atoms with Crippen LogP contribution >= 0.6 is 0 Å². The van der Waals surface area contributed by atoms with Gasteiger partial charge in [-0.3, -0.25) is 4.99 Å². The van der Waals surface area contributed by atoms with Gasteiger partial charge in [0, 0.05) is 5.71 Å². The lowest BCUT2D eigenvalue weighted by Gasteiger charge is -2.06. The number of allylic oxidation sites excluding steroid dienone is 1. The Kier molecular flexibility index (Phi) is 5.06. The summed E-state index contributed by atoms with van der Waals surface area (Å²) in [6, 6.07) is 19.7. The van der Waals surface area contributed by atoms with Gasteiger partial charge in [-0.25, -0.2) is 0 Å². The summed E-state index contributed by atoms with van der Waals surface area (Å²) < 4.78 is 0. The molecule has 0 heterocycles. The van der Waals surface area contributed by atoms with Gasteiger partial charge in [0.05, 0.1) is 17.3 Å². The van der Waals surface area contributed by atoms with Crippen molar-refractivity contribution in [2.45, 2.75) is 13.8 Å². The predicted octanol–water partition coefficient (Wildman–Crippen LogP) is 5.00. The SMILES string of the molecule is CC(C)C(/C=C\c1ccccc1)=Nc1cccc(C#N)c1. The number of rotatable bonds is 4. The molecular weight excluding hydrogens is 256 g/mol. The van der Waals surface area contributed by atoms with Crippen molar-refractivity contribution >= 4 is 17.5 Å². The van der Waals surface area contributed by atoms with Crippen LogP contribution in [-0.4, -0.2) is 5.71 Å². The third kappa shape index (κ3) is 4.43. The zero-order valence-corrected chi connectivity index (χ0v) is 12.3. The standard InChI is InChI=1S/C19H18N2/c1-15(2)19(12-11-16-7-4-3-5-8-16)21-18-10-6-9-17(13-18)14-20/h3-13,15H,1-2H3/b12-11-,21-19?. The number of hydrogen-bond acceptors (Lipinski definition) is 2. The molecule has 0 unspecified atom stereocenters. The van der Waals surface area contributed by atoms with Crippen LogP contribution in [0.2, 0.25) is 0 Å². The average Bonchev–Trinajstić information content (AvgIpc) is 2.52. The molecule has 0 saturated heterocycles. The highest BCUT2D eigenvalue weighted by Crippen LogP contribution is 2.16. The summed E-state index contributed by atoms with van der Waals surface area (Å²) in [7, 11) is 0. The summed E-state index contributed by atoms with van der Waals surface area (Å²) in [5, 5.41) is 8.94. The van der Waals surface area contributed by atoms with Crippen LogP contribution in [0.5, 0.6) is 0 Å². The minimum Gasteiger partial charge on any atom is -0.253 e. The fourth-order valence-corrected chi connectivity index (χ4v) is 1.90. The van der Waals surface area contributed by atoms with Crippen LogP contribution in [0.25, 0.3) is 6.08 Å². The topological polar surface area (TPSA) is 36.1 Å². The monoisotopic (exact) mass is 274 g/mol. The molecule has 0 spiro atoms. The molecule has 0 aromatic heterocycles. The second-order valence-electron chi connectivity index (χ2n) is 5.10. The Hall–Kier alpha value is -2.66. The lowest BCUT2D eigenvalue weighted by atomic mass is 10.1. The van der Waals surface area contributed by atoms with Crippen LogP contribution in [-0.2, 0) is 0 Å². The molecule has 2 aromatic carbocycles. The van der Waals surface area contributed by atoms with E-state index in [-0.39, 0.29) is 0 Å². The maximum Gasteiger partial charge on any atom is 0.0992 e. The van der Waals surface area contributed by atoms with E-state index in [0.29, 0.717) is 11.5 Å². The summed E-state index contributed by atoms with van der Waals surface area (Å²) in [5.74, 6) is 0.315. The van der Waals surface area contributed by atoms with Crippen molar-refractivity contribution in [3.8, 4) is 6.07 Å². The Morgan fingerprint density at radius 1 is 1.10 bits per heavy atom. The molecule has 0 fully saturated rings. The predicted molar refractivity (Wildman–Crippen MR) is 88.6 cm³/mol. The van der Waals surface area contributed by atoms with Gasteiger partial charge in [0.25, 0.3) is 0 Å². The summed E-state index contributed by atoms with van der Waals surface area (Å²) in [4.78, 5) is 4.66. The van der Waals surface area contributed by atoms with Crippen LogP contribution in [0.15, 0.2) is 65.7 Å². The van der Waals surface area contributed by atoms with Crippen LogP contribution in [0.3, 0.4) is 0 Å². The molecule has 2 aromatic rings. The average molecular weight is 274 g/mol. The number of hydrogen-bond donors (Lipinski definition) is 0. The van der Waals surface area contributed by atoms with Crippen LogP contribution in [0.4, 0.5) is 5.69 Å². The van der Waals surface area contributed by atoms with Gasteiger partial charge in [-0.2, -0.15) is 5.26 Å². The summed E-state index contributed by atoms with van der Waals surface area (Å²) >= 11 is 0. The fraction of sp³-hybridized carbons (Fsp3) is 0.158. The minimum atomic E-state index is 0.315. The molecule has 2 heteroatoms. The maximum atomic E-state index is 8.94. The Bertz CT molecular complexity index is 689. The normalized spacial score (nSPS) is 11.8. The van der Waals surface area contributed by atoms with Crippen molar-refractivity contribution in [1.29, 1.82) is 5.26 Å². The van der Waals surface area contributed by atoms with Crippen molar-refractivity contribution in [2.24, 2.45) is 10.9 Å². The Morgan fingerprint density at radius 3 is 2.52 bits per heavy atom. The molecule has 0 aliphatic rings. The van der Waals surface area contributed by atoms with Crippen LogP contribution < -0.4 is 0 Å². The molecule has 0 aliphatic carbocycles. The van der Waals surface area contributed by atoms with E-state index >= 15 is 0 Å². The fourth-order valence-electron chi connectivity index (χ4n) is 1.90. The van der Waals surface area contributed by atoms with E-state index in [9.17, 15) is 0 Å². The third-order valence-electron chi connectivity index (χ3n) is 3.07. The first-order chi connectivity index (χ1) is 10.2. The van der Waals surface area contributed by atoms with Crippen molar-refractivity contribution in [1.82, 2.24) is 0 Å². The van der Waals surface area contributed by atoms with Gasteiger partial charge in [-0.1, -0.05) is 56.3 Å². The molecule has 0 aliphatic heterocycles. The number of nitriles is 1. The highest BCUT2D eigenvalue weighted by Gasteiger charge is 2.02. The van der Waals surface area contributed by atoms with Gasteiger partial charge < -0.3 is 0 Å². The smallest absolute Gasteiger partial charge is 0.0992 e. The molecule has 2 nitrogen and oxygen atoms in total. The van der Waals surface area contributed by atoms with E-state index in [2.05, 4.69) is 43.1 Å². The molecule has 0 amide bonds. The highest BCUT2D eigenvalue weighted by atomic mass is 14.7. The van der Waals surface area contributed by atoms with Crippen molar-refractivity contribution in [3.05, 3.63) is 71.8 Å². The quantitative estimate of drug-likeness (QED) is 0.723. The highest BCUT2D eigenvalue weighted by molar-refractivity contribution is 6.01. The molecule has 0 bridgehead atoms. The summed E-state index contributed by atoms with van der Waals surface area (Å²) in [6.07, 6.45) is 4.10. The van der Waals surface area contributed by atoms with E-state index in [1.54, 1.807) is 12.1 Å². The Balaban J connectivity index is 2.28. The largest absolute Gasteiger partial charge is 0.253 e. The first kappa shape index (κ1) is 14.7. The maximum absolute atomic E-state index is 8.94. The molecule has 104 valence electrons. The van der Waals surface area contributed by atoms with Crippen molar-refractivity contribution < 1.29 is 0 Å². The second kappa shape index (κ2) is 7.21. The van der Waals surface area contributed by atoms with Gasteiger partial charge in [0.1, 0.15) is 0 Å². The molecular formula is C19H18N2. The Morgan fingerprint density at radius 2 is 1.86 bits per heavy atom. The second-order valence-corrected chi connectivity index (χ2v) is 5.10. The van der Waals surface area contributed by atoms with Gasteiger partial charge in [0.2, 0.25) is 0 Å². The number of benzene rings is 2. The molecule has 2 rings (SSSR count). The van der Waals surface area contributed by atoms with E-state index in [0.717, 1.165) is 17.0 Å². The molecule has 0 saturated carbocycles. The molecule has 0 atom stereocenters. The van der Waals surface area contributed by atoms with Gasteiger partial charge in [-0.05, 0) is 35.8 Å². The van der Waals surface area contributed by atoms with E-state index < -0.39 is 0 Å². The third-order valence-corrected chi connectivity index (χ3v) is 3.07. The summed E-state index contributed by atoms with van der Waals surface area (Å²) in [6.45, 7) is 4.23. The van der Waals surface area contributed by atoms with Gasteiger partial charge >= 0.3 is 0 Å². The Labute approximate surface area is 126 Å². The molecule has 0 N–H and O–H groups in total. The lowest BCUT2D eigenvalue weighted by molar-refractivity contribution is 0.889. The zero-order valence-electron chi connectivity index (χ0n) is 12.3. The van der Waals surface area contributed by atoms with Crippen molar-refractivity contribution in [2.75, 3.05) is 0 Å². The lowest BCUT2D eigenvalue weighted by Crippen LogP contribution is -2.03. The zero-order chi connectivity index (χ0) is 15.1. The van der Waals surface area contributed by atoms with E-state index in [1.165, 1.54) is 0 Å². The molecule has 21 heavy (non-hydrogen) atoms. The number of nitrogens with zero attached hydrogens (tertiary/aromatic N) is 2. The van der Waals surface area contributed by atoms with Crippen LogP contribution in [0.1, 0.15) is 25.0 Å².